The van der Waals surface area contributed by atoms with Gasteiger partial charge in [0.05, 0.1) is 12.7 Å². The smallest absolute Gasteiger partial charge is 0.245 e. The fraction of sp³-hybridized carbons (Fsp3) is 0.278. The summed E-state index contributed by atoms with van der Waals surface area (Å²) in [5.41, 5.74) is 8.55. The zero-order valence-electron chi connectivity index (χ0n) is 13.4. The van der Waals surface area contributed by atoms with Crippen molar-refractivity contribution in [1.82, 2.24) is 0 Å². The summed E-state index contributed by atoms with van der Waals surface area (Å²) >= 11 is 0. The second-order valence-corrected chi connectivity index (χ2v) is 5.43. The molecule has 1 amide bonds. The van der Waals surface area contributed by atoms with E-state index >= 15 is 0 Å². The average molecular weight is 335 g/mol. The summed E-state index contributed by atoms with van der Waals surface area (Å²) < 4.78 is 5.54. The van der Waals surface area contributed by atoms with Gasteiger partial charge in [-0.05, 0) is 37.1 Å². The quantitative estimate of drug-likeness (QED) is 0.847. The van der Waals surface area contributed by atoms with Gasteiger partial charge in [0, 0.05) is 5.69 Å². The molecule has 0 bridgehead atoms. The highest BCUT2D eigenvalue weighted by molar-refractivity contribution is 5.95. The molecule has 0 aliphatic carbocycles. The lowest BCUT2D eigenvalue weighted by molar-refractivity contribution is -0.117. The molecule has 0 aliphatic rings. The Kier molecular flexibility index (Phi) is 7.75. The van der Waals surface area contributed by atoms with Crippen LogP contribution in [0, 0.1) is 0 Å². The van der Waals surface area contributed by atoms with E-state index in [1.165, 1.54) is 0 Å². The van der Waals surface area contributed by atoms with Crippen molar-refractivity contribution in [2.45, 2.75) is 32.6 Å². The zero-order chi connectivity index (χ0) is 15.9. The third kappa shape index (κ3) is 6.02. The lowest BCUT2D eigenvalue weighted by Crippen LogP contribution is -2.27. The van der Waals surface area contributed by atoms with Crippen molar-refractivity contribution in [3.8, 4) is 0 Å². The molecule has 2 aromatic rings. The van der Waals surface area contributed by atoms with Gasteiger partial charge in [0.2, 0.25) is 5.91 Å². The number of nitrogens with one attached hydrogen (secondary N) is 1. The molecule has 2 aromatic carbocycles. The monoisotopic (exact) mass is 334 g/mol. The number of ether oxygens (including phenoxy) is 1. The molecule has 1 unspecified atom stereocenters. The molecule has 0 fully saturated rings. The lowest BCUT2D eigenvalue weighted by atomic mass is 10.1. The summed E-state index contributed by atoms with van der Waals surface area (Å²) in [6, 6.07) is 16.2. The number of carbonyl (C=O) groups is 1. The Balaban J connectivity index is 0.00000264. The number of hydrogen-bond donors (Lipinski definition) is 2. The van der Waals surface area contributed by atoms with Crippen LogP contribution >= 0.6 is 12.4 Å². The maximum absolute atomic E-state index is 12.2. The van der Waals surface area contributed by atoms with E-state index in [2.05, 4.69) is 5.32 Å². The second-order valence-electron chi connectivity index (χ2n) is 5.43. The van der Waals surface area contributed by atoms with E-state index < -0.39 is 6.04 Å². The van der Waals surface area contributed by atoms with Crippen molar-refractivity contribution in [2.24, 2.45) is 5.73 Å². The summed E-state index contributed by atoms with van der Waals surface area (Å²) in [6.07, 6.45) is 0.197. The second kappa shape index (κ2) is 9.30. The Morgan fingerprint density at radius 1 is 1.09 bits per heavy atom. The average Bonchev–Trinajstić information content (AvgIpc) is 2.54. The number of hydrogen-bond acceptors (Lipinski definition) is 3. The highest BCUT2D eigenvalue weighted by Crippen LogP contribution is 2.15. The van der Waals surface area contributed by atoms with Crippen molar-refractivity contribution >= 4 is 24.0 Å². The van der Waals surface area contributed by atoms with E-state index in [0.29, 0.717) is 6.61 Å². The summed E-state index contributed by atoms with van der Waals surface area (Å²) in [5.74, 6) is -0.225. The molecule has 124 valence electrons. The minimum Gasteiger partial charge on any atom is -0.374 e. The lowest BCUT2D eigenvalue weighted by Gasteiger charge is -2.13. The van der Waals surface area contributed by atoms with Crippen LogP contribution in [-0.4, -0.2) is 12.0 Å². The van der Waals surface area contributed by atoms with Crippen molar-refractivity contribution in [3.05, 3.63) is 65.7 Å². The molecule has 0 spiro atoms. The molecule has 1 atom stereocenters. The largest absolute Gasteiger partial charge is 0.374 e. The van der Waals surface area contributed by atoms with Gasteiger partial charge in [0.15, 0.2) is 0 Å². The SMILES string of the molecule is CC(C)OCc1ccc(NC(=O)C(N)c2ccccc2)cc1.Cl. The van der Waals surface area contributed by atoms with Crippen molar-refractivity contribution in [2.75, 3.05) is 5.32 Å². The number of rotatable bonds is 6. The van der Waals surface area contributed by atoms with Crippen LogP contribution in [0.25, 0.3) is 0 Å². The number of nitrogens with two attached hydrogens (primary N) is 1. The van der Waals surface area contributed by atoms with Crippen molar-refractivity contribution in [3.63, 3.8) is 0 Å². The molecule has 4 nitrogen and oxygen atoms in total. The number of amides is 1. The molecular weight excluding hydrogens is 312 g/mol. The van der Waals surface area contributed by atoms with Crippen LogP contribution in [0.4, 0.5) is 5.69 Å². The summed E-state index contributed by atoms with van der Waals surface area (Å²) in [4.78, 5) is 12.2. The third-order valence-corrected chi connectivity index (χ3v) is 3.25. The molecule has 3 N–H and O–H groups in total. The maximum Gasteiger partial charge on any atom is 0.245 e. The number of halogens is 1. The van der Waals surface area contributed by atoms with E-state index in [9.17, 15) is 4.79 Å². The van der Waals surface area contributed by atoms with Crippen LogP contribution in [0.5, 0.6) is 0 Å². The minimum atomic E-state index is -0.676. The molecule has 0 saturated heterocycles. The van der Waals surface area contributed by atoms with Crippen LogP contribution in [0.2, 0.25) is 0 Å². The standard InChI is InChI=1S/C18H22N2O2.ClH/c1-13(2)22-12-14-8-10-16(11-9-14)20-18(21)17(19)15-6-4-3-5-7-15;/h3-11,13,17H,12,19H2,1-2H3,(H,20,21);1H. The van der Waals surface area contributed by atoms with Crippen LogP contribution in [0.3, 0.4) is 0 Å². The van der Waals surface area contributed by atoms with Gasteiger partial charge in [0.25, 0.3) is 0 Å². The van der Waals surface area contributed by atoms with E-state index in [-0.39, 0.29) is 24.4 Å². The molecule has 0 saturated carbocycles. The molecule has 0 heterocycles. The fourth-order valence-electron chi connectivity index (χ4n) is 1.98. The molecule has 0 aromatic heterocycles. The normalized spacial score (nSPS) is 11.7. The first-order chi connectivity index (χ1) is 10.6. The van der Waals surface area contributed by atoms with Gasteiger partial charge in [-0.25, -0.2) is 0 Å². The molecule has 0 radical (unpaired) electrons. The van der Waals surface area contributed by atoms with Crippen molar-refractivity contribution in [1.29, 1.82) is 0 Å². The van der Waals surface area contributed by atoms with E-state index in [4.69, 9.17) is 10.5 Å². The first-order valence-electron chi connectivity index (χ1n) is 7.38. The first kappa shape index (κ1) is 19.2. The summed E-state index contributed by atoms with van der Waals surface area (Å²) in [5, 5.41) is 2.83. The van der Waals surface area contributed by atoms with E-state index in [0.717, 1.165) is 16.8 Å². The van der Waals surface area contributed by atoms with Gasteiger partial charge < -0.3 is 15.8 Å². The predicted molar refractivity (Wildman–Crippen MR) is 95.6 cm³/mol. The van der Waals surface area contributed by atoms with Crippen molar-refractivity contribution < 1.29 is 9.53 Å². The Hall–Kier alpha value is -1.88. The summed E-state index contributed by atoms with van der Waals surface area (Å²) in [7, 11) is 0. The van der Waals surface area contributed by atoms with Crippen LogP contribution in [0.1, 0.15) is 31.0 Å². The van der Waals surface area contributed by atoms with Gasteiger partial charge in [-0.15, -0.1) is 12.4 Å². The predicted octanol–water partition coefficient (Wildman–Crippen LogP) is 3.67. The van der Waals surface area contributed by atoms with E-state index in [1.54, 1.807) is 0 Å². The van der Waals surface area contributed by atoms with Gasteiger partial charge in [-0.3, -0.25) is 4.79 Å². The Morgan fingerprint density at radius 2 is 1.70 bits per heavy atom. The Labute approximate surface area is 143 Å². The van der Waals surface area contributed by atoms with E-state index in [1.807, 2.05) is 68.4 Å². The maximum atomic E-state index is 12.2. The zero-order valence-corrected chi connectivity index (χ0v) is 14.2. The fourth-order valence-corrected chi connectivity index (χ4v) is 1.98. The Morgan fingerprint density at radius 3 is 2.26 bits per heavy atom. The van der Waals surface area contributed by atoms with Gasteiger partial charge >= 0.3 is 0 Å². The molecule has 5 heteroatoms. The highest BCUT2D eigenvalue weighted by atomic mass is 35.5. The third-order valence-electron chi connectivity index (χ3n) is 3.25. The molecule has 2 rings (SSSR count). The molecule has 23 heavy (non-hydrogen) atoms. The topological polar surface area (TPSA) is 64.3 Å². The van der Waals surface area contributed by atoms with Gasteiger partial charge in [-0.1, -0.05) is 42.5 Å². The molecular formula is C18H23ClN2O2. The van der Waals surface area contributed by atoms with Crippen LogP contribution < -0.4 is 11.1 Å². The Bertz CT molecular complexity index is 600. The molecule has 0 aliphatic heterocycles. The number of benzene rings is 2. The highest BCUT2D eigenvalue weighted by Gasteiger charge is 2.15. The van der Waals surface area contributed by atoms with Crippen LogP contribution in [-0.2, 0) is 16.1 Å². The number of anilines is 1. The minimum absolute atomic E-state index is 0. The van der Waals surface area contributed by atoms with Gasteiger partial charge in [0.1, 0.15) is 6.04 Å². The first-order valence-corrected chi connectivity index (χ1v) is 7.38. The van der Waals surface area contributed by atoms with Crippen LogP contribution in [0.15, 0.2) is 54.6 Å². The summed E-state index contributed by atoms with van der Waals surface area (Å²) in [6.45, 7) is 4.56. The van der Waals surface area contributed by atoms with Gasteiger partial charge in [-0.2, -0.15) is 0 Å². The number of carbonyl (C=O) groups excluding carboxylic acids is 1.